The van der Waals surface area contributed by atoms with Gasteiger partial charge in [-0.1, -0.05) is 0 Å². The number of carbonyl (C=O) groups excluding carboxylic acids is 1. The number of likely N-dealkylation sites (N-methyl/N-ethyl adjacent to an activating group) is 1. The van der Waals surface area contributed by atoms with Crippen LogP contribution in [0, 0.1) is 10.8 Å². The van der Waals surface area contributed by atoms with E-state index in [0.29, 0.717) is 12.0 Å². The van der Waals surface area contributed by atoms with Crippen LogP contribution in [0.25, 0.3) is 10.9 Å². The second kappa shape index (κ2) is 10.5. The zero-order chi connectivity index (χ0) is 24.3. The first-order valence-corrected chi connectivity index (χ1v) is 12.5. The van der Waals surface area contributed by atoms with Crippen LogP contribution in [0.1, 0.15) is 19.4 Å². The SMILES string of the molecule is COc1ccc2c(CCN(C)C)cn(SOCC(C)(C)C(=O)OCCN3CC4(COC4)C3)c2c1. The third kappa shape index (κ3) is 5.71. The van der Waals surface area contributed by atoms with Crippen molar-refractivity contribution in [2.24, 2.45) is 10.8 Å². The van der Waals surface area contributed by atoms with Gasteiger partial charge in [0.25, 0.3) is 0 Å². The molecular formula is C25H37N3O5S. The molecule has 8 nitrogen and oxygen atoms in total. The largest absolute Gasteiger partial charge is 0.497 e. The summed E-state index contributed by atoms with van der Waals surface area (Å²) >= 11 is 1.24. The number of benzene rings is 1. The van der Waals surface area contributed by atoms with Crippen LogP contribution < -0.4 is 4.74 Å². The van der Waals surface area contributed by atoms with Crippen LogP contribution in [0.5, 0.6) is 5.75 Å². The summed E-state index contributed by atoms with van der Waals surface area (Å²) in [6, 6.07) is 6.09. The Morgan fingerprint density at radius 1 is 1.26 bits per heavy atom. The molecule has 2 aliphatic rings. The maximum Gasteiger partial charge on any atom is 0.313 e. The van der Waals surface area contributed by atoms with Gasteiger partial charge in [0.2, 0.25) is 0 Å². The van der Waals surface area contributed by atoms with E-state index in [-0.39, 0.29) is 12.6 Å². The lowest BCUT2D eigenvalue weighted by Gasteiger charge is -2.55. The molecular weight excluding hydrogens is 454 g/mol. The first-order chi connectivity index (χ1) is 16.2. The average Bonchev–Trinajstić information content (AvgIpc) is 3.09. The van der Waals surface area contributed by atoms with Crippen molar-refractivity contribution >= 4 is 29.1 Å². The third-order valence-electron chi connectivity index (χ3n) is 6.57. The molecule has 3 heterocycles. The predicted octanol–water partition coefficient (Wildman–Crippen LogP) is 3.08. The summed E-state index contributed by atoms with van der Waals surface area (Å²) in [6.07, 6.45) is 3.04. The quantitative estimate of drug-likeness (QED) is 0.332. The first kappa shape index (κ1) is 25.3. The molecule has 0 amide bonds. The number of hydrogen-bond donors (Lipinski definition) is 0. The van der Waals surface area contributed by atoms with Gasteiger partial charge in [-0.25, -0.2) is 0 Å². The van der Waals surface area contributed by atoms with Crippen LogP contribution >= 0.6 is 12.2 Å². The summed E-state index contributed by atoms with van der Waals surface area (Å²) in [5.41, 5.74) is 1.93. The van der Waals surface area contributed by atoms with Crippen molar-refractivity contribution in [2.45, 2.75) is 20.3 Å². The molecule has 4 rings (SSSR count). The molecule has 2 saturated heterocycles. The number of esters is 1. The van der Waals surface area contributed by atoms with E-state index in [4.69, 9.17) is 18.4 Å². The molecule has 1 aromatic heterocycles. The molecule has 2 aromatic rings. The zero-order valence-electron chi connectivity index (χ0n) is 21.0. The maximum atomic E-state index is 12.7. The number of aromatic nitrogens is 1. The van der Waals surface area contributed by atoms with E-state index in [1.165, 1.54) is 23.2 Å². The Hall–Kier alpha value is -1.78. The highest BCUT2D eigenvalue weighted by Gasteiger charge is 2.48. The van der Waals surface area contributed by atoms with Crippen molar-refractivity contribution in [2.75, 3.05) is 73.8 Å². The normalized spacial score (nSPS) is 17.7. The van der Waals surface area contributed by atoms with Crippen LogP contribution in [0.4, 0.5) is 0 Å². The summed E-state index contributed by atoms with van der Waals surface area (Å²) in [7, 11) is 5.82. The summed E-state index contributed by atoms with van der Waals surface area (Å²) < 4.78 is 24.2. The van der Waals surface area contributed by atoms with Gasteiger partial charge in [-0.2, -0.15) is 0 Å². The smallest absolute Gasteiger partial charge is 0.313 e. The van der Waals surface area contributed by atoms with Gasteiger partial charge in [0, 0.05) is 49.2 Å². The van der Waals surface area contributed by atoms with E-state index in [9.17, 15) is 4.79 Å². The molecule has 1 spiro atoms. The Morgan fingerprint density at radius 3 is 2.68 bits per heavy atom. The van der Waals surface area contributed by atoms with Crippen LogP contribution in [-0.4, -0.2) is 93.6 Å². The number of nitrogens with zero attached hydrogens (tertiary/aromatic N) is 3. The minimum absolute atomic E-state index is 0.235. The van der Waals surface area contributed by atoms with Crippen molar-refractivity contribution in [3.8, 4) is 5.75 Å². The average molecular weight is 492 g/mol. The van der Waals surface area contributed by atoms with Gasteiger partial charge in [-0.15, -0.1) is 0 Å². The second-order valence-corrected chi connectivity index (χ2v) is 11.3. The number of carbonyl (C=O) groups is 1. The Bertz CT molecular complexity index is 994. The van der Waals surface area contributed by atoms with E-state index >= 15 is 0 Å². The van der Waals surface area contributed by atoms with Crippen molar-refractivity contribution < 1.29 is 23.2 Å². The summed E-state index contributed by atoms with van der Waals surface area (Å²) in [6.45, 7) is 9.92. The lowest BCUT2D eigenvalue weighted by atomic mass is 9.78. The monoisotopic (exact) mass is 491 g/mol. The molecule has 0 aliphatic carbocycles. The number of rotatable bonds is 12. The van der Waals surface area contributed by atoms with Crippen LogP contribution in [-0.2, 0) is 24.9 Å². The summed E-state index contributed by atoms with van der Waals surface area (Å²) in [5.74, 6) is 0.564. The Morgan fingerprint density at radius 2 is 2.03 bits per heavy atom. The molecule has 2 aliphatic heterocycles. The lowest BCUT2D eigenvalue weighted by Crippen LogP contribution is -2.66. The zero-order valence-corrected chi connectivity index (χ0v) is 21.8. The first-order valence-electron chi connectivity index (χ1n) is 11.8. The topological polar surface area (TPSA) is 65.4 Å². The van der Waals surface area contributed by atoms with E-state index in [0.717, 1.165) is 57.1 Å². The van der Waals surface area contributed by atoms with Crippen molar-refractivity contribution in [1.29, 1.82) is 0 Å². The Kier molecular flexibility index (Phi) is 7.79. The van der Waals surface area contributed by atoms with Gasteiger partial charge >= 0.3 is 5.97 Å². The highest BCUT2D eigenvalue weighted by molar-refractivity contribution is 7.93. The Labute approximate surface area is 206 Å². The number of hydrogen-bond acceptors (Lipinski definition) is 8. The van der Waals surface area contributed by atoms with E-state index in [2.05, 4.69) is 36.2 Å². The number of methoxy groups -OCH3 is 1. The van der Waals surface area contributed by atoms with E-state index in [1.807, 2.05) is 30.0 Å². The van der Waals surface area contributed by atoms with Gasteiger partial charge in [-0.3, -0.25) is 17.8 Å². The highest BCUT2D eigenvalue weighted by Crippen LogP contribution is 2.37. The van der Waals surface area contributed by atoms with Gasteiger partial charge in [-0.05, 0) is 52.1 Å². The molecule has 34 heavy (non-hydrogen) atoms. The molecule has 1 aromatic carbocycles. The fourth-order valence-electron chi connectivity index (χ4n) is 4.36. The summed E-state index contributed by atoms with van der Waals surface area (Å²) in [5, 5.41) is 1.18. The number of ether oxygens (including phenoxy) is 3. The Balaban J connectivity index is 1.28. The van der Waals surface area contributed by atoms with Gasteiger partial charge in [0.15, 0.2) is 0 Å². The molecule has 2 fully saturated rings. The van der Waals surface area contributed by atoms with Crippen molar-refractivity contribution in [3.05, 3.63) is 30.0 Å². The predicted molar refractivity (Wildman–Crippen MR) is 134 cm³/mol. The number of fused-ring (bicyclic) bond motifs is 1. The maximum absolute atomic E-state index is 12.7. The summed E-state index contributed by atoms with van der Waals surface area (Å²) in [4.78, 5) is 17.1. The molecule has 188 valence electrons. The third-order valence-corrected chi connectivity index (χ3v) is 7.26. The molecule has 0 N–H and O–H groups in total. The van der Waals surface area contributed by atoms with E-state index < -0.39 is 5.41 Å². The van der Waals surface area contributed by atoms with Gasteiger partial charge in [0.1, 0.15) is 24.6 Å². The fraction of sp³-hybridized carbons (Fsp3) is 0.640. The van der Waals surface area contributed by atoms with E-state index in [1.54, 1.807) is 7.11 Å². The molecule has 9 heteroatoms. The standard InChI is InChI=1S/C25H37N3O5S/c1-24(2,23(29)32-11-10-27-14-25(15-27)17-31-18-25)16-33-34-28-13-19(8-9-26(3)4)21-7-6-20(30-5)12-22(21)28/h6-7,12-13H,8-11,14-18H2,1-5H3. The van der Waals surface area contributed by atoms with Gasteiger partial charge in [0.05, 0.1) is 37.9 Å². The number of likely N-dealkylation sites (tertiary alicyclic amines) is 1. The lowest BCUT2D eigenvalue weighted by molar-refractivity contribution is -0.192. The van der Waals surface area contributed by atoms with Crippen molar-refractivity contribution in [3.63, 3.8) is 0 Å². The van der Waals surface area contributed by atoms with Crippen molar-refractivity contribution in [1.82, 2.24) is 13.8 Å². The van der Waals surface area contributed by atoms with Crippen LogP contribution in [0.2, 0.25) is 0 Å². The minimum atomic E-state index is -0.737. The van der Waals surface area contributed by atoms with Gasteiger partial charge < -0.3 is 19.1 Å². The van der Waals surface area contributed by atoms with Crippen LogP contribution in [0.3, 0.4) is 0 Å². The fourth-order valence-corrected chi connectivity index (χ4v) is 5.23. The second-order valence-electron chi connectivity index (χ2n) is 10.5. The molecule has 0 unspecified atom stereocenters. The minimum Gasteiger partial charge on any atom is -0.497 e. The molecule has 0 bridgehead atoms. The highest BCUT2D eigenvalue weighted by atomic mass is 32.2. The molecule has 0 atom stereocenters. The molecule has 0 saturated carbocycles. The van der Waals surface area contributed by atoms with Crippen LogP contribution in [0.15, 0.2) is 24.4 Å². The molecule has 0 radical (unpaired) electrons.